The Labute approximate surface area is 222 Å². The molecule has 2 fully saturated rings. The first kappa shape index (κ1) is 28.5. The van der Waals surface area contributed by atoms with Crippen molar-refractivity contribution in [2.75, 3.05) is 50.9 Å². The molecular formula is C27H39F4N7. The lowest BCUT2D eigenvalue weighted by Crippen LogP contribution is -2.61. The zero-order valence-corrected chi connectivity index (χ0v) is 23.1. The molecule has 1 aromatic heterocycles. The minimum Gasteiger partial charge on any atom is -0.365 e. The normalized spacial score (nSPS) is 21.4. The van der Waals surface area contributed by atoms with Crippen molar-refractivity contribution in [3.8, 4) is 0 Å². The summed E-state index contributed by atoms with van der Waals surface area (Å²) in [7, 11) is 4.10. The number of rotatable bonds is 6. The fraction of sp³-hybridized carbons (Fsp3) is 0.630. The first-order valence-electron chi connectivity index (χ1n) is 13.1. The van der Waals surface area contributed by atoms with Crippen molar-refractivity contribution in [1.29, 1.82) is 0 Å². The Morgan fingerprint density at radius 2 is 1.63 bits per heavy atom. The average Bonchev–Trinajstić information content (AvgIpc) is 2.81. The molecule has 0 amide bonds. The van der Waals surface area contributed by atoms with Crippen LogP contribution in [0, 0.1) is 5.82 Å². The van der Waals surface area contributed by atoms with Crippen LogP contribution < -0.4 is 10.6 Å². The van der Waals surface area contributed by atoms with Crippen LogP contribution in [0.2, 0.25) is 0 Å². The largest absolute Gasteiger partial charge is 0.416 e. The first-order chi connectivity index (χ1) is 17.6. The van der Waals surface area contributed by atoms with Crippen LogP contribution in [0.3, 0.4) is 0 Å². The number of hydrogen-bond acceptors (Lipinski definition) is 7. The molecule has 2 saturated heterocycles. The van der Waals surface area contributed by atoms with E-state index in [2.05, 4.69) is 65.1 Å². The molecule has 11 heteroatoms. The number of aromatic nitrogens is 2. The quantitative estimate of drug-likeness (QED) is 0.492. The van der Waals surface area contributed by atoms with Gasteiger partial charge in [0.1, 0.15) is 0 Å². The summed E-state index contributed by atoms with van der Waals surface area (Å²) in [5.41, 5.74) is -0.494. The molecule has 2 aliphatic heterocycles. The van der Waals surface area contributed by atoms with Gasteiger partial charge in [-0.2, -0.15) is 18.2 Å². The lowest BCUT2D eigenvalue weighted by atomic mass is 9.77. The molecule has 210 valence electrons. The smallest absolute Gasteiger partial charge is 0.365 e. The minimum atomic E-state index is -4.51. The van der Waals surface area contributed by atoms with Gasteiger partial charge >= 0.3 is 6.18 Å². The van der Waals surface area contributed by atoms with Gasteiger partial charge in [0.15, 0.2) is 11.6 Å². The second kappa shape index (κ2) is 10.6. The number of nitrogens with one attached hydrogen (secondary N) is 2. The van der Waals surface area contributed by atoms with Gasteiger partial charge in [-0.15, -0.1) is 0 Å². The number of piperazine rings is 1. The van der Waals surface area contributed by atoms with Crippen LogP contribution in [0.25, 0.3) is 0 Å². The maximum Gasteiger partial charge on any atom is 0.416 e. The van der Waals surface area contributed by atoms with E-state index in [4.69, 9.17) is 0 Å². The fourth-order valence-electron chi connectivity index (χ4n) is 5.63. The molecule has 7 nitrogen and oxygen atoms in total. The molecule has 4 rings (SSSR count). The van der Waals surface area contributed by atoms with Crippen molar-refractivity contribution in [1.82, 2.24) is 24.7 Å². The van der Waals surface area contributed by atoms with Gasteiger partial charge in [-0.25, -0.2) is 9.37 Å². The Morgan fingerprint density at radius 3 is 2.24 bits per heavy atom. The zero-order chi connectivity index (χ0) is 27.9. The summed E-state index contributed by atoms with van der Waals surface area (Å²) >= 11 is 0. The molecule has 0 aliphatic carbocycles. The predicted molar refractivity (Wildman–Crippen MR) is 142 cm³/mol. The van der Waals surface area contributed by atoms with E-state index in [0.717, 1.165) is 51.3 Å². The molecule has 2 aromatic rings. The Kier molecular flexibility index (Phi) is 7.94. The number of alkyl halides is 3. The number of piperidine rings is 1. The maximum absolute atomic E-state index is 14.7. The fourth-order valence-corrected chi connectivity index (χ4v) is 5.63. The molecule has 2 N–H and O–H groups in total. The molecule has 0 saturated carbocycles. The molecule has 2 aliphatic rings. The van der Waals surface area contributed by atoms with E-state index in [9.17, 15) is 17.6 Å². The Balaban J connectivity index is 1.51. The summed E-state index contributed by atoms with van der Waals surface area (Å²) < 4.78 is 56.6. The lowest BCUT2D eigenvalue weighted by Gasteiger charge is -2.53. The molecule has 0 radical (unpaired) electrons. The molecule has 0 bridgehead atoms. The molecule has 0 atom stereocenters. The summed E-state index contributed by atoms with van der Waals surface area (Å²) in [6.45, 7) is 11.9. The van der Waals surface area contributed by atoms with Crippen molar-refractivity contribution >= 4 is 17.5 Å². The van der Waals surface area contributed by atoms with Crippen molar-refractivity contribution in [3.05, 3.63) is 41.3 Å². The molecule has 1 aromatic carbocycles. The highest BCUT2D eigenvalue weighted by molar-refractivity contribution is 5.58. The van der Waals surface area contributed by atoms with Crippen molar-refractivity contribution in [3.63, 3.8) is 0 Å². The van der Waals surface area contributed by atoms with Crippen LogP contribution in [0.15, 0.2) is 24.4 Å². The summed E-state index contributed by atoms with van der Waals surface area (Å²) in [6, 6.07) is 4.13. The SMILES string of the molecule is CN1CCN(Cc2ccc(Nc3ncc(F)c(NC4CC(C)(C)N(C)C(C)(C)C4)n3)cc2C(F)(F)F)CC1. The van der Waals surface area contributed by atoms with E-state index in [-0.39, 0.29) is 46.7 Å². The van der Waals surface area contributed by atoms with Gasteiger partial charge < -0.3 is 15.5 Å². The minimum absolute atomic E-state index is 0.0280. The van der Waals surface area contributed by atoms with E-state index >= 15 is 0 Å². The second-order valence-electron chi connectivity index (χ2n) is 11.9. The number of likely N-dealkylation sites (tertiary alicyclic amines) is 1. The highest BCUT2D eigenvalue weighted by Crippen LogP contribution is 2.38. The topological polar surface area (TPSA) is 59.6 Å². The Hall–Kier alpha value is -2.50. The molecular weight excluding hydrogens is 498 g/mol. The summed E-state index contributed by atoms with van der Waals surface area (Å²) in [6.07, 6.45) is -1.91. The van der Waals surface area contributed by atoms with Gasteiger partial charge in [-0.1, -0.05) is 6.07 Å². The van der Waals surface area contributed by atoms with Gasteiger partial charge in [0, 0.05) is 55.5 Å². The third kappa shape index (κ3) is 6.55. The van der Waals surface area contributed by atoms with Gasteiger partial charge in [0.05, 0.1) is 11.8 Å². The molecule has 0 spiro atoms. The van der Waals surface area contributed by atoms with Crippen LogP contribution in [-0.2, 0) is 12.7 Å². The summed E-state index contributed by atoms with van der Waals surface area (Å²) in [4.78, 5) is 14.8. The third-order valence-corrected chi connectivity index (χ3v) is 8.05. The predicted octanol–water partition coefficient (Wildman–Crippen LogP) is 5.19. The molecule has 0 unspecified atom stereocenters. The van der Waals surface area contributed by atoms with Gasteiger partial charge in [0.25, 0.3) is 0 Å². The highest BCUT2D eigenvalue weighted by Gasteiger charge is 2.43. The first-order valence-corrected chi connectivity index (χ1v) is 13.1. The summed E-state index contributed by atoms with van der Waals surface area (Å²) in [5, 5.41) is 6.06. The van der Waals surface area contributed by atoms with Crippen LogP contribution >= 0.6 is 0 Å². The lowest BCUT2D eigenvalue weighted by molar-refractivity contribution is -0.138. The van der Waals surface area contributed by atoms with Gasteiger partial charge in [0.2, 0.25) is 5.95 Å². The molecule has 38 heavy (non-hydrogen) atoms. The van der Waals surface area contributed by atoms with Crippen molar-refractivity contribution in [2.45, 2.75) is 70.4 Å². The zero-order valence-electron chi connectivity index (χ0n) is 23.1. The number of likely N-dealkylation sites (N-methyl/N-ethyl adjacent to an activating group) is 1. The van der Waals surface area contributed by atoms with Crippen LogP contribution in [0.4, 0.5) is 35.0 Å². The maximum atomic E-state index is 14.7. The van der Waals surface area contributed by atoms with Crippen LogP contribution in [0.5, 0.6) is 0 Å². The third-order valence-electron chi connectivity index (χ3n) is 8.05. The average molecular weight is 538 g/mol. The van der Waals surface area contributed by atoms with E-state index < -0.39 is 17.6 Å². The number of anilines is 3. The van der Waals surface area contributed by atoms with E-state index in [0.29, 0.717) is 0 Å². The number of benzene rings is 1. The van der Waals surface area contributed by atoms with Crippen LogP contribution in [0.1, 0.15) is 51.7 Å². The summed E-state index contributed by atoms with van der Waals surface area (Å²) in [5.74, 6) is -0.546. The molecule has 3 heterocycles. The van der Waals surface area contributed by atoms with E-state index in [1.54, 1.807) is 6.07 Å². The number of halogens is 4. The second-order valence-corrected chi connectivity index (χ2v) is 11.9. The number of nitrogens with zero attached hydrogens (tertiary/aromatic N) is 5. The van der Waals surface area contributed by atoms with Crippen molar-refractivity contribution in [2.24, 2.45) is 0 Å². The van der Waals surface area contributed by atoms with Gasteiger partial charge in [-0.3, -0.25) is 9.80 Å². The number of hydrogen-bond donors (Lipinski definition) is 2. The van der Waals surface area contributed by atoms with Gasteiger partial charge in [-0.05, 0) is 72.3 Å². The Bertz CT molecular complexity index is 1110. The van der Waals surface area contributed by atoms with Crippen LogP contribution in [-0.4, -0.2) is 82.1 Å². The standard InChI is InChI=1S/C27H39F4N7/c1-25(2)14-20(15-26(3,4)37(25)6)33-23-22(28)16-32-24(35-23)34-19-8-7-18(21(13-19)27(29,30)31)17-38-11-9-36(5)10-12-38/h7-8,13,16,20H,9-12,14-15,17H2,1-6H3,(H2,32,33,34,35). The monoisotopic (exact) mass is 537 g/mol. The highest BCUT2D eigenvalue weighted by atomic mass is 19.4. The van der Waals surface area contributed by atoms with E-state index in [1.807, 2.05) is 11.9 Å². The Morgan fingerprint density at radius 1 is 1.00 bits per heavy atom. The van der Waals surface area contributed by atoms with E-state index in [1.165, 1.54) is 6.07 Å². The van der Waals surface area contributed by atoms with Crippen molar-refractivity contribution < 1.29 is 17.6 Å².